The number of benzene rings is 2. The number of hydrogen-bond donors (Lipinski definition) is 1. The molecule has 0 aliphatic carbocycles. The molecule has 6 heteroatoms. The predicted octanol–water partition coefficient (Wildman–Crippen LogP) is 4.94. The van der Waals surface area contributed by atoms with Gasteiger partial charge in [-0.25, -0.2) is 8.42 Å². The van der Waals surface area contributed by atoms with Crippen molar-refractivity contribution in [3.05, 3.63) is 56.0 Å². The van der Waals surface area contributed by atoms with Gasteiger partial charge in [0.2, 0.25) is 0 Å². The van der Waals surface area contributed by atoms with Crippen LogP contribution in [0.5, 0.6) is 0 Å². The maximum Gasteiger partial charge on any atom is 0.263 e. The third-order valence-corrected chi connectivity index (χ3v) is 6.38. The molecular formula is C15H15Br2NO2S. The molecule has 2 aromatic rings. The van der Waals surface area contributed by atoms with Crippen LogP contribution in [-0.2, 0) is 10.0 Å². The molecule has 0 unspecified atom stereocenters. The van der Waals surface area contributed by atoms with Gasteiger partial charge in [0.15, 0.2) is 0 Å². The second kappa shape index (κ2) is 6.10. The molecule has 0 amide bonds. The van der Waals surface area contributed by atoms with Crippen LogP contribution in [0.4, 0.5) is 5.69 Å². The second-order valence-corrected chi connectivity index (χ2v) is 8.26. The van der Waals surface area contributed by atoms with Gasteiger partial charge in [-0.05, 0) is 65.5 Å². The molecule has 1 N–H and O–H groups in total. The van der Waals surface area contributed by atoms with Gasteiger partial charge in [-0.2, -0.15) is 0 Å². The van der Waals surface area contributed by atoms with Crippen LogP contribution in [0, 0.1) is 20.8 Å². The Labute approximate surface area is 142 Å². The van der Waals surface area contributed by atoms with E-state index in [9.17, 15) is 8.42 Å². The highest BCUT2D eigenvalue weighted by atomic mass is 79.9. The Bertz CT molecular complexity index is 781. The van der Waals surface area contributed by atoms with Gasteiger partial charge in [-0.1, -0.05) is 34.1 Å². The third kappa shape index (κ3) is 3.49. The molecule has 0 spiro atoms. The van der Waals surface area contributed by atoms with Crippen LogP contribution in [0.15, 0.2) is 44.2 Å². The van der Waals surface area contributed by atoms with E-state index < -0.39 is 10.0 Å². The molecule has 2 aromatic carbocycles. The summed E-state index contributed by atoms with van der Waals surface area (Å²) in [4.78, 5) is 0.211. The molecule has 0 radical (unpaired) electrons. The topological polar surface area (TPSA) is 46.2 Å². The van der Waals surface area contributed by atoms with E-state index in [2.05, 4.69) is 36.6 Å². The molecule has 0 saturated carbocycles. The van der Waals surface area contributed by atoms with Gasteiger partial charge in [0.1, 0.15) is 4.90 Å². The first-order chi connectivity index (χ1) is 9.72. The standard InChI is InChI=1S/C15H15Br2NO2S/c1-9-5-4-6-10(2)15(9)18-21(19,20)14-8-12(16)11(3)7-13(14)17/h4-8,18H,1-3H3. The Morgan fingerprint density at radius 3 is 2.05 bits per heavy atom. The summed E-state index contributed by atoms with van der Waals surface area (Å²) in [7, 11) is -3.66. The minimum Gasteiger partial charge on any atom is -0.279 e. The second-order valence-electron chi connectivity index (χ2n) is 4.90. The van der Waals surface area contributed by atoms with Crippen molar-refractivity contribution >= 4 is 47.6 Å². The van der Waals surface area contributed by atoms with Crippen molar-refractivity contribution in [3.8, 4) is 0 Å². The van der Waals surface area contributed by atoms with Crippen molar-refractivity contribution in [3.63, 3.8) is 0 Å². The summed E-state index contributed by atoms with van der Waals surface area (Å²) in [5.41, 5.74) is 3.37. The van der Waals surface area contributed by atoms with E-state index >= 15 is 0 Å². The van der Waals surface area contributed by atoms with Gasteiger partial charge in [0.05, 0.1) is 5.69 Å². The summed E-state index contributed by atoms with van der Waals surface area (Å²) in [6.45, 7) is 5.67. The molecule has 2 rings (SSSR count). The van der Waals surface area contributed by atoms with Gasteiger partial charge in [-0.3, -0.25) is 4.72 Å². The molecular weight excluding hydrogens is 418 g/mol. The van der Waals surface area contributed by atoms with Gasteiger partial charge >= 0.3 is 0 Å². The lowest BCUT2D eigenvalue weighted by Gasteiger charge is -2.15. The van der Waals surface area contributed by atoms with Gasteiger partial charge < -0.3 is 0 Å². The number of hydrogen-bond acceptors (Lipinski definition) is 2. The number of anilines is 1. The summed E-state index contributed by atoms with van der Waals surface area (Å²) in [6, 6.07) is 9.05. The Balaban J connectivity index is 2.51. The molecule has 0 saturated heterocycles. The van der Waals surface area contributed by atoms with Crippen LogP contribution in [0.25, 0.3) is 0 Å². The lowest BCUT2D eigenvalue weighted by atomic mass is 10.1. The van der Waals surface area contributed by atoms with Crippen molar-refractivity contribution in [1.82, 2.24) is 0 Å². The highest BCUT2D eigenvalue weighted by molar-refractivity contribution is 9.11. The maximum atomic E-state index is 12.6. The summed E-state index contributed by atoms with van der Waals surface area (Å²) >= 11 is 6.70. The minimum absolute atomic E-state index is 0.211. The van der Waals surface area contributed by atoms with E-state index in [1.54, 1.807) is 12.1 Å². The fourth-order valence-electron chi connectivity index (χ4n) is 2.00. The largest absolute Gasteiger partial charge is 0.279 e. The normalized spacial score (nSPS) is 11.5. The number of para-hydroxylation sites is 1. The number of sulfonamides is 1. The zero-order valence-corrected chi connectivity index (χ0v) is 15.9. The smallest absolute Gasteiger partial charge is 0.263 e. The molecule has 0 aromatic heterocycles. The summed E-state index contributed by atoms with van der Waals surface area (Å²) in [5, 5.41) is 0. The van der Waals surface area contributed by atoms with Crippen LogP contribution in [-0.4, -0.2) is 8.42 Å². The molecule has 0 heterocycles. The van der Waals surface area contributed by atoms with Crippen molar-refractivity contribution < 1.29 is 8.42 Å². The molecule has 0 fully saturated rings. The lowest BCUT2D eigenvalue weighted by Crippen LogP contribution is -2.15. The molecule has 0 atom stereocenters. The quantitative estimate of drug-likeness (QED) is 0.746. The molecule has 0 aliphatic heterocycles. The van der Waals surface area contributed by atoms with Crippen LogP contribution in [0.3, 0.4) is 0 Å². The van der Waals surface area contributed by atoms with Crippen molar-refractivity contribution in [2.24, 2.45) is 0 Å². The summed E-state index contributed by atoms with van der Waals surface area (Å²) in [5.74, 6) is 0. The van der Waals surface area contributed by atoms with Gasteiger partial charge in [-0.15, -0.1) is 0 Å². The first-order valence-corrected chi connectivity index (χ1v) is 9.34. The number of aryl methyl sites for hydroxylation is 3. The van der Waals surface area contributed by atoms with E-state index in [1.807, 2.05) is 39.0 Å². The maximum absolute atomic E-state index is 12.6. The Morgan fingerprint density at radius 1 is 0.905 bits per heavy atom. The number of rotatable bonds is 3. The van der Waals surface area contributed by atoms with E-state index in [0.29, 0.717) is 10.2 Å². The first kappa shape index (κ1) is 16.5. The van der Waals surface area contributed by atoms with Crippen molar-refractivity contribution in [2.45, 2.75) is 25.7 Å². The van der Waals surface area contributed by atoms with Gasteiger partial charge in [0, 0.05) is 8.95 Å². The average Bonchev–Trinajstić information content (AvgIpc) is 2.38. The summed E-state index contributed by atoms with van der Waals surface area (Å²) in [6.07, 6.45) is 0. The zero-order chi connectivity index (χ0) is 15.8. The number of halogens is 2. The Morgan fingerprint density at radius 2 is 1.48 bits per heavy atom. The van der Waals surface area contributed by atoms with E-state index in [-0.39, 0.29) is 4.90 Å². The molecule has 3 nitrogen and oxygen atoms in total. The van der Waals surface area contributed by atoms with Gasteiger partial charge in [0.25, 0.3) is 10.0 Å². The van der Waals surface area contributed by atoms with E-state index in [0.717, 1.165) is 21.2 Å². The first-order valence-electron chi connectivity index (χ1n) is 6.27. The molecule has 0 bridgehead atoms. The van der Waals surface area contributed by atoms with Crippen LogP contribution in [0.2, 0.25) is 0 Å². The van der Waals surface area contributed by atoms with Crippen molar-refractivity contribution in [2.75, 3.05) is 4.72 Å². The third-order valence-electron chi connectivity index (χ3n) is 3.22. The fraction of sp³-hybridized carbons (Fsp3) is 0.200. The van der Waals surface area contributed by atoms with Crippen molar-refractivity contribution in [1.29, 1.82) is 0 Å². The average molecular weight is 433 g/mol. The van der Waals surface area contributed by atoms with E-state index in [1.165, 1.54) is 0 Å². The van der Waals surface area contributed by atoms with Crippen LogP contribution in [0.1, 0.15) is 16.7 Å². The molecule has 21 heavy (non-hydrogen) atoms. The monoisotopic (exact) mass is 431 g/mol. The SMILES string of the molecule is Cc1cc(Br)c(S(=O)(=O)Nc2c(C)cccc2C)cc1Br. The highest BCUT2D eigenvalue weighted by Gasteiger charge is 2.20. The predicted molar refractivity (Wildman–Crippen MR) is 93.3 cm³/mol. The highest BCUT2D eigenvalue weighted by Crippen LogP contribution is 2.31. The zero-order valence-electron chi connectivity index (χ0n) is 11.9. The lowest BCUT2D eigenvalue weighted by molar-refractivity contribution is 0.600. The Kier molecular flexibility index (Phi) is 4.80. The summed E-state index contributed by atoms with van der Waals surface area (Å²) < 4.78 is 29.2. The molecule has 112 valence electrons. The fourth-order valence-corrected chi connectivity index (χ4v) is 4.88. The number of nitrogens with one attached hydrogen (secondary N) is 1. The minimum atomic E-state index is -3.66. The van der Waals surface area contributed by atoms with Crippen LogP contribution < -0.4 is 4.72 Å². The molecule has 0 aliphatic rings. The van der Waals surface area contributed by atoms with E-state index in [4.69, 9.17) is 0 Å². The van der Waals surface area contributed by atoms with Crippen LogP contribution >= 0.6 is 31.9 Å². The Hall–Kier alpha value is -0.850.